The Labute approximate surface area is 307 Å². The van der Waals surface area contributed by atoms with Gasteiger partial charge in [0.05, 0.1) is 4.90 Å². The van der Waals surface area contributed by atoms with E-state index in [1.807, 2.05) is 13.1 Å². The summed E-state index contributed by atoms with van der Waals surface area (Å²) in [5.74, 6) is 0.454. The number of fused-ring (bicyclic) bond motifs is 1. The molecule has 0 amide bonds. The Morgan fingerprint density at radius 2 is 1.18 bits per heavy atom. The van der Waals surface area contributed by atoms with Gasteiger partial charge < -0.3 is 4.90 Å². The summed E-state index contributed by atoms with van der Waals surface area (Å²) in [6.45, 7) is 4.49. The molecule has 9 rings (SSSR count). The smallest absolute Gasteiger partial charge is 0.294 e. The lowest BCUT2D eigenvalue weighted by Gasteiger charge is -2.18. The first-order valence-electron chi connectivity index (χ1n) is 18.7. The normalized spacial score (nSPS) is 17.6. The van der Waals surface area contributed by atoms with Crippen LogP contribution in [0.4, 0.5) is 0 Å². The lowest BCUT2D eigenvalue weighted by molar-refractivity contribution is -0.117. The maximum Gasteiger partial charge on any atom is 0.294 e. The number of aromatic nitrogens is 5. The minimum absolute atomic E-state index is 0. The molecule has 11 heteroatoms. The molecule has 1 aliphatic heterocycles. The summed E-state index contributed by atoms with van der Waals surface area (Å²) in [4.78, 5) is 31.5. The van der Waals surface area contributed by atoms with Gasteiger partial charge in [-0.25, -0.2) is 24.9 Å². The highest BCUT2D eigenvalue weighted by Gasteiger charge is 2.16. The molecule has 5 aliphatic carbocycles. The van der Waals surface area contributed by atoms with Crippen molar-refractivity contribution in [2.75, 3.05) is 13.1 Å². The third-order valence-corrected chi connectivity index (χ3v) is 9.62. The molecule has 0 bridgehead atoms. The van der Waals surface area contributed by atoms with Gasteiger partial charge in [-0.2, -0.15) is 8.42 Å². The van der Waals surface area contributed by atoms with Gasteiger partial charge in [-0.05, 0) is 88.8 Å². The van der Waals surface area contributed by atoms with Crippen molar-refractivity contribution in [1.29, 1.82) is 0 Å². The molecular formula is C40H62N6O4S. The molecule has 0 unspecified atom stereocenters. The molecule has 1 N–H and O–H groups in total. The van der Waals surface area contributed by atoms with Crippen molar-refractivity contribution >= 4 is 15.9 Å². The topological polar surface area (TPSA) is 139 Å². The minimum Gasteiger partial charge on any atom is -0.375 e. The molecule has 4 fully saturated rings. The van der Waals surface area contributed by atoms with Crippen LogP contribution in [0.2, 0.25) is 0 Å². The standard InChI is InChI=1S/C9H15N.C7H8N2.C7H8O3S.C5H8O.C5H10.C3H3N3.C3H6.CH4/c1-2-6-9(5-1)10-7-3-4-8-10;1-2-6-4-8-5-9-7(6)3-1;1-6-2-4-7(5-3-6)11(8,9)10;6-5-3-1-2-4-5;1-2-4-5-3-1;1-4-2-6-3-5-1;1-2-3-1;/h5H,1-4,6-8H2;4-5H,1-3H2;2-5H,1H3,(H,8,9,10);1-4H2;1-5H2;1-3H;1-3H2;1H4. The number of ketones is 1. The van der Waals surface area contributed by atoms with Gasteiger partial charge in [0.15, 0.2) is 0 Å². The van der Waals surface area contributed by atoms with Crippen LogP contribution in [0.25, 0.3) is 0 Å². The summed E-state index contributed by atoms with van der Waals surface area (Å²) >= 11 is 0. The van der Waals surface area contributed by atoms with Gasteiger partial charge in [-0.15, -0.1) is 0 Å². The van der Waals surface area contributed by atoms with E-state index in [4.69, 9.17) is 4.55 Å². The predicted molar refractivity (Wildman–Crippen MR) is 205 cm³/mol. The highest BCUT2D eigenvalue weighted by atomic mass is 32.2. The largest absolute Gasteiger partial charge is 0.375 e. The summed E-state index contributed by atoms with van der Waals surface area (Å²) in [5.41, 5.74) is 5.19. The number of nitrogens with zero attached hydrogens (tertiary/aromatic N) is 6. The van der Waals surface area contributed by atoms with Gasteiger partial charge in [-0.3, -0.25) is 9.35 Å². The fourth-order valence-corrected chi connectivity index (χ4v) is 6.26. The van der Waals surface area contributed by atoms with E-state index in [2.05, 4.69) is 35.9 Å². The Morgan fingerprint density at radius 3 is 1.59 bits per heavy atom. The van der Waals surface area contributed by atoms with Crippen LogP contribution in [0.1, 0.15) is 140 Å². The fourth-order valence-electron chi connectivity index (χ4n) is 5.78. The Hall–Kier alpha value is -3.57. The zero-order valence-electron chi connectivity index (χ0n) is 30.1. The van der Waals surface area contributed by atoms with Gasteiger partial charge in [0.1, 0.15) is 31.1 Å². The molecule has 282 valence electrons. The lowest BCUT2D eigenvalue weighted by Crippen LogP contribution is -2.16. The van der Waals surface area contributed by atoms with Crippen molar-refractivity contribution < 1.29 is 17.8 Å². The molecule has 3 aromatic rings. The van der Waals surface area contributed by atoms with Crippen LogP contribution >= 0.6 is 0 Å². The average Bonchev–Trinajstić information content (AvgIpc) is 3.79. The third-order valence-electron chi connectivity index (χ3n) is 8.75. The first-order valence-corrected chi connectivity index (χ1v) is 20.1. The first kappa shape index (κ1) is 43.6. The van der Waals surface area contributed by atoms with Crippen LogP contribution in [0.3, 0.4) is 0 Å². The second-order valence-corrected chi connectivity index (χ2v) is 14.7. The summed E-state index contributed by atoms with van der Waals surface area (Å²) in [6.07, 6.45) is 36.7. The molecule has 0 spiro atoms. The van der Waals surface area contributed by atoms with Crippen molar-refractivity contribution in [1.82, 2.24) is 29.8 Å². The van der Waals surface area contributed by atoms with Crippen LogP contribution in [-0.2, 0) is 27.8 Å². The highest BCUT2D eigenvalue weighted by molar-refractivity contribution is 7.85. The zero-order chi connectivity index (χ0) is 35.7. The molecular weight excluding hydrogens is 661 g/mol. The van der Waals surface area contributed by atoms with E-state index in [-0.39, 0.29) is 12.3 Å². The van der Waals surface area contributed by atoms with Crippen LogP contribution < -0.4 is 0 Å². The number of hydrogen-bond donors (Lipinski definition) is 1. The number of allylic oxidation sites excluding steroid dienone is 2. The maximum atomic E-state index is 10.5. The second kappa shape index (κ2) is 26.2. The van der Waals surface area contributed by atoms with Crippen molar-refractivity contribution in [3.05, 3.63) is 84.4 Å². The number of carbonyl (C=O) groups excluding carboxylic acids is 1. The molecule has 51 heavy (non-hydrogen) atoms. The number of carbonyl (C=O) groups is 1. The van der Waals surface area contributed by atoms with E-state index >= 15 is 0 Å². The van der Waals surface area contributed by atoms with Gasteiger partial charge in [0.25, 0.3) is 10.1 Å². The summed E-state index contributed by atoms with van der Waals surface area (Å²) in [7, 11) is -4.02. The lowest BCUT2D eigenvalue weighted by atomic mass is 10.2. The maximum absolute atomic E-state index is 10.5. The SMILES string of the molecule is C.C1=C(N2CCCC2)CCC1.C1CC1.C1CCCC1.Cc1ccc(S(=O)(=O)O)cc1.O=C1CCCC1.c1ncc2c(n1)CCC2.c1ncncn1. The Morgan fingerprint density at radius 1 is 0.627 bits per heavy atom. The molecule has 3 saturated carbocycles. The fraction of sp³-hybridized carbons (Fsp3) is 0.600. The van der Waals surface area contributed by atoms with E-state index in [1.54, 1.807) is 24.2 Å². The molecule has 1 saturated heterocycles. The van der Waals surface area contributed by atoms with E-state index in [0.717, 1.165) is 37.7 Å². The molecule has 6 aliphatic rings. The second-order valence-electron chi connectivity index (χ2n) is 13.3. The number of rotatable bonds is 2. The van der Waals surface area contributed by atoms with Gasteiger partial charge in [-0.1, -0.05) is 82.6 Å². The molecule has 0 atom stereocenters. The Kier molecular flexibility index (Phi) is 22.4. The Bertz CT molecular complexity index is 1410. The summed E-state index contributed by atoms with van der Waals surface area (Å²) in [6, 6.07) is 5.99. The molecule has 1 aromatic carbocycles. The van der Waals surface area contributed by atoms with E-state index in [1.165, 1.54) is 152 Å². The van der Waals surface area contributed by atoms with E-state index in [0.29, 0.717) is 5.78 Å². The number of Topliss-reactive ketones (excluding diaryl/α,β-unsaturated/α-hetero) is 1. The van der Waals surface area contributed by atoms with Crippen molar-refractivity contribution in [2.24, 2.45) is 0 Å². The van der Waals surface area contributed by atoms with Crippen molar-refractivity contribution in [3.8, 4) is 0 Å². The van der Waals surface area contributed by atoms with Gasteiger partial charge in [0, 0.05) is 43.5 Å². The van der Waals surface area contributed by atoms with Crippen molar-refractivity contribution in [2.45, 2.75) is 148 Å². The van der Waals surface area contributed by atoms with E-state index in [9.17, 15) is 13.2 Å². The van der Waals surface area contributed by atoms with Crippen molar-refractivity contribution in [3.63, 3.8) is 0 Å². The summed E-state index contributed by atoms with van der Waals surface area (Å²) < 4.78 is 29.6. The average molecular weight is 723 g/mol. The molecule has 3 heterocycles. The molecule has 0 radical (unpaired) electrons. The summed E-state index contributed by atoms with van der Waals surface area (Å²) in [5, 5.41) is 0. The minimum atomic E-state index is -4.02. The number of hydrogen-bond acceptors (Lipinski definition) is 9. The monoisotopic (exact) mass is 722 g/mol. The molecule has 2 aromatic heterocycles. The first-order chi connectivity index (χ1) is 24.3. The van der Waals surface area contributed by atoms with Crippen LogP contribution in [0.5, 0.6) is 0 Å². The predicted octanol–water partition coefficient (Wildman–Crippen LogP) is 9.12. The third kappa shape index (κ3) is 20.8. The zero-order valence-corrected chi connectivity index (χ0v) is 30.9. The van der Waals surface area contributed by atoms with Gasteiger partial charge >= 0.3 is 0 Å². The number of benzene rings is 1. The number of aryl methyl sites for hydroxylation is 3. The van der Waals surface area contributed by atoms with Gasteiger partial charge in [0.2, 0.25) is 0 Å². The van der Waals surface area contributed by atoms with Crippen LogP contribution in [0.15, 0.2) is 72.4 Å². The van der Waals surface area contributed by atoms with Crippen LogP contribution in [-0.4, -0.2) is 61.7 Å². The molecule has 10 nitrogen and oxygen atoms in total. The van der Waals surface area contributed by atoms with E-state index < -0.39 is 10.1 Å². The highest BCUT2D eigenvalue weighted by Crippen LogP contribution is 2.24. The van der Waals surface area contributed by atoms with Crippen LogP contribution in [0, 0.1) is 6.92 Å². The quantitative estimate of drug-likeness (QED) is 0.255. The number of likely N-dealkylation sites (tertiary alicyclic amines) is 1. The Balaban J connectivity index is 0.000000211.